The first kappa shape index (κ1) is 16.7. The number of hydrogen-bond donors (Lipinski definition) is 2. The van der Waals surface area contributed by atoms with Gasteiger partial charge in [-0.2, -0.15) is 0 Å². The molecule has 2 aliphatic rings. The minimum absolute atomic E-state index is 0.0755. The lowest BCUT2D eigenvalue weighted by Crippen LogP contribution is -2.28. The van der Waals surface area contributed by atoms with E-state index in [1.54, 1.807) is 0 Å². The van der Waals surface area contributed by atoms with Crippen molar-refractivity contribution in [3.05, 3.63) is 17.5 Å². The van der Waals surface area contributed by atoms with Crippen LogP contribution in [0.5, 0.6) is 0 Å². The molecule has 2 heterocycles. The fourth-order valence-electron chi connectivity index (χ4n) is 3.27. The summed E-state index contributed by atoms with van der Waals surface area (Å²) in [7, 11) is 0. The predicted octanol–water partition coefficient (Wildman–Crippen LogP) is 1.65. The van der Waals surface area contributed by atoms with Crippen molar-refractivity contribution in [2.45, 2.75) is 52.0 Å². The summed E-state index contributed by atoms with van der Waals surface area (Å²) in [6, 6.07) is 1.88. The number of anilines is 1. The summed E-state index contributed by atoms with van der Waals surface area (Å²) in [5.41, 5.74) is 1.36. The molecule has 1 saturated carbocycles. The van der Waals surface area contributed by atoms with Gasteiger partial charge in [-0.05, 0) is 44.1 Å². The molecule has 0 radical (unpaired) electrons. The van der Waals surface area contributed by atoms with Crippen molar-refractivity contribution in [2.75, 3.05) is 18.0 Å². The van der Waals surface area contributed by atoms with Gasteiger partial charge in [-0.3, -0.25) is 9.59 Å². The smallest absolute Gasteiger partial charge is 0.303 e. The Balaban J connectivity index is 1.56. The van der Waals surface area contributed by atoms with Crippen LogP contribution in [0.15, 0.2) is 6.07 Å². The Morgan fingerprint density at radius 2 is 1.96 bits per heavy atom. The van der Waals surface area contributed by atoms with Gasteiger partial charge in [0, 0.05) is 25.2 Å². The third-order valence-electron chi connectivity index (χ3n) is 4.77. The zero-order chi connectivity index (χ0) is 17.2. The van der Waals surface area contributed by atoms with Crippen LogP contribution in [-0.4, -0.2) is 40.0 Å². The molecule has 0 bridgehead atoms. The minimum Gasteiger partial charge on any atom is -0.481 e. The van der Waals surface area contributed by atoms with Gasteiger partial charge in [-0.15, -0.1) is 0 Å². The quantitative estimate of drug-likeness (QED) is 0.788. The van der Waals surface area contributed by atoms with Crippen LogP contribution in [0, 0.1) is 12.3 Å². The monoisotopic (exact) mass is 332 g/mol. The Hall–Kier alpha value is -2.18. The average Bonchev–Trinajstić information content (AvgIpc) is 3.03. The summed E-state index contributed by atoms with van der Waals surface area (Å²) >= 11 is 0. The van der Waals surface area contributed by atoms with Crippen molar-refractivity contribution in [1.29, 1.82) is 0 Å². The fourth-order valence-corrected chi connectivity index (χ4v) is 3.27. The Labute approximate surface area is 141 Å². The highest BCUT2D eigenvalue weighted by Gasteiger charge is 2.45. The Morgan fingerprint density at radius 1 is 1.25 bits per heavy atom. The summed E-state index contributed by atoms with van der Waals surface area (Å²) in [6.45, 7) is 4.24. The molecule has 1 aliphatic carbocycles. The van der Waals surface area contributed by atoms with E-state index < -0.39 is 5.97 Å². The first-order valence-electron chi connectivity index (χ1n) is 8.54. The molecule has 7 nitrogen and oxygen atoms in total. The largest absolute Gasteiger partial charge is 0.481 e. The van der Waals surface area contributed by atoms with Crippen molar-refractivity contribution < 1.29 is 14.7 Å². The normalized spacial score (nSPS) is 18.5. The van der Waals surface area contributed by atoms with Gasteiger partial charge < -0.3 is 15.3 Å². The number of carboxylic acid groups (broad SMARTS) is 1. The maximum atomic E-state index is 12.1. The minimum atomic E-state index is -0.831. The molecule has 3 rings (SSSR count). The van der Waals surface area contributed by atoms with Gasteiger partial charge in [0.2, 0.25) is 11.9 Å². The molecule has 0 atom stereocenters. The van der Waals surface area contributed by atoms with E-state index in [-0.39, 0.29) is 24.2 Å². The summed E-state index contributed by atoms with van der Waals surface area (Å²) in [4.78, 5) is 34.2. The number of hydrogen-bond acceptors (Lipinski definition) is 5. The molecule has 0 unspecified atom stereocenters. The van der Waals surface area contributed by atoms with Crippen molar-refractivity contribution in [2.24, 2.45) is 5.41 Å². The van der Waals surface area contributed by atoms with E-state index in [4.69, 9.17) is 5.11 Å². The van der Waals surface area contributed by atoms with Gasteiger partial charge in [0.1, 0.15) is 0 Å². The molecule has 0 aromatic carbocycles. The molecule has 1 aromatic heterocycles. The second-order valence-electron chi connectivity index (χ2n) is 7.02. The SMILES string of the molecule is Cc1cc(CNC(=O)CC2(CC(=O)O)CC2)nc(N2CCCC2)n1. The molecular weight excluding hydrogens is 308 g/mol. The number of carboxylic acids is 1. The maximum Gasteiger partial charge on any atom is 0.303 e. The van der Waals surface area contributed by atoms with E-state index in [1.807, 2.05) is 13.0 Å². The Morgan fingerprint density at radius 3 is 2.58 bits per heavy atom. The molecule has 1 aliphatic heterocycles. The van der Waals surface area contributed by atoms with Gasteiger partial charge in [0.15, 0.2) is 0 Å². The molecule has 1 amide bonds. The van der Waals surface area contributed by atoms with Crippen LogP contribution >= 0.6 is 0 Å². The fraction of sp³-hybridized carbons (Fsp3) is 0.647. The van der Waals surface area contributed by atoms with E-state index in [0.717, 1.165) is 56.1 Å². The number of rotatable bonds is 7. The third kappa shape index (κ3) is 4.21. The van der Waals surface area contributed by atoms with E-state index in [1.165, 1.54) is 0 Å². The van der Waals surface area contributed by atoms with Crippen molar-refractivity contribution >= 4 is 17.8 Å². The number of amides is 1. The molecule has 24 heavy (non-hydrogen) atoms. The first-order valence-corrected chi connectivity index (χ1v) is 8.54. The zero-order valence-corrected chi connectivity index (χ0v) is 14.0. The van der Waals surface area contributed by atoms with Crippen LogP contribution in [0.1, 0.15) is 49.9 Å². The highest BCUT2D eigenvalue weighted by atomic mass is 16.4. The molecule has 1 saturated heterocycles. The van der Waals surface area contributed by atoms with Crippen LogP contribution in [0.25, 0.3) is 0 Å². The van der Waals surface area contributed by atoms with Gasteiger partial charge in [0.05, 0.1) is 18.7 Å². The number of nitrogens with zero attached hydrogens (tertiary/aromatic N) is 3. The predicted molar refractivity (Wildman–Crippen MR) is 88.6 cm³/mol. The highest BCUT2D eigenvalue weighted by molar-refractivity contribution is 5.78. The summed E-state index contributed by atoms with van der Waals surface area (Å²) in [5.74, 6) is -0.198. The van der Waals surface area contributed by atoms with Crippen LogP contribution in [-0.2, 0) is 16.1 Å². The lowest BCUT2D eigenvalue weighted by Gasteiger charge is -2.17. The standard InChI is InChI=1S/C17H24N4O3/c1-12-8-13(20-16(19-12)21-6-2-3-7-21)11-18-14(22)9-17(4-5-17)10-15(23)24/h8H,2-7,9-11H2,1H3,(H,18,22)(H,23,24). The van der Waals surface area contributed by atoms with Crippen LogP contribution < -0.4 is 10.2 Å². The number of nitrogens with one attached hydrogen (secondary N) is 1. The van der Waals surface area contributed by atoms with E-state index in [9.17, 15) is 9.59 Å². The van der Waals surface area contributed by atoms with Gasteiger partial charge in [-0.25, -0.2) is 9.97 Å². The average molecular weight is 332 g/mol. The lowest BCUT2D eigenvalue weighted by atomic mass is 9.98. The van der Waals surface area contributed by atoms with Crippen LogP contribution in [0.2, 0.25) is 0 Å². The summed E-state index contributed by atoms with van der Waals surface area (Å²) in [6.07, 6.45) is 4.31. The first-order chi connectivity index (χ1) is 11.5. The molecule has 2 N–H and O–H groups in total. The molecule has 130 valence electrons. The number of aliphatic carboxylic acids is 1. The van der Waals surface area contributed by atoms with Gasteiger partial charge in [0.25, 0.3) is 0 Å². The zero-order valence-electron chi connectivity index (χ0n) is 14.0. The van der Waals surface area contributed by atoms with Gasteiger partial charge in [-0.1, -0.05) is 0 Å². The second-order valence-corrected chi connectivity index (χ2v) is 7.02. The second kappa shape index (κ2) is 6.75. The van der Waals surface area contributed by atoms with Crippen molar-refractivity contribution in [3.8, 4) is 0 Å². The summed E-state index contributed by atoms with van der Waals surface area (Å²) in [5, 5.41) is 11.8. The maximum absolute atomic E-state index is 12.1. The molecule has 2 fully saturated rings. The highest BCUT2D eigenvalue weighted by Crippen LogP contribution is 2.51. The van der Waals surface area contributed by atoms with Crippen molar-refractivity contribution in [1.82, 2.24) is 15.3 Å². The molecule has 7 heteroatoms. The third-order valence-corrected chi connectivity index (χ3v) is 4.77. The van der Waals surface area contributed by atoms with Crippen molar-refractivity contribution in [3.63, 3.8) is 0 Å². The molecular formula is C17H24N4O3. The number of carbonyl (C=O) groups is 2. The molecule has 1 aromatic rings. The Bertz CT molecular complexity index is 637. The topological polar surface area (TPSA) is 95.4 Å². The lowest BCUT2D eigenvalue weighted by molar-refractivity contribution is -0.138. The number of aromatic nitrogens is 2. The van der Waals surface area contributed by atoms with Crippen LogP contribution in [0.4, 0.5) is 5.95 Å². The Kier molecular flexibility index (Phi) is 4.69. The van der Waals surface area contributed by atoms with E-state index >= 15 is 0 Å². The van der Waals surface area contributed by atoms with Crippen LogP contribution in [0.3, 0.4) is 0 Å². The number of carbonyl (C=O) groups excluding carboxylic acids is 1. The summed E-state index contributed by atoms with van der Waals surface area (Å²) < 4.78 is 0. The van der Waals surface area contributed by atoms with E-state index in [0.29, 0.717) is 6.54 Å². The van der Waals surface area contributed by atoms with E-state index in [2.05, 4.69) is 20.2 Å². The molecule has 0 spiro atoms. The van der Waals surface area contributed by atoms with Gasteiger partial charge >= 0.3 is 5.97 Å². The number of aryl methyl sites for hydroxylation is 1.